The first kappa shape index (κ1) is 37.2. The number of ether oxygens (including phenoxy) is 1. The summed E-state index contributed by atoms with van der Waals surface area (Å²) in [6.45, 7) is 6.37. The fourth-order valence-corrected chi connectivity index (χ4v) is 3.86. The average Bonchev–Trinajstić information content (AvgIpc) is 2.95. The highest BCUT2D eigenvalue weighted by atomic mass is 16.5. The Kier molecular flexibility index (Phi) is 16.4. The number of rotatable bonds is 18. The molecule has 0 radical (unpaired) electrons. The molecular formula is C28H43N9O7. The third-order valence-corrected chi connectivity index (χ3v) is 6.14. The van der Waals surface area contributed by atoms with Crippen LogP contribution in [-0.2, 0) is 30.5 Å². The maximum Gasteiger partial charge on any atom is 0.408 e. The number of guanidine groups is 1. The van der Waals surface area contributed by atoms with Gasteiger partial charge in [0.1, 0.15) is 24.7 Å². The summed E-state index contributed by atoms with van der Waals surface area (Å²) in [6.07, 6.45) is -1.17. The number of carbonyl (C=O) groups excluding carboxylic acids is 5. The molecule has 1 rings (SSSR count). The number of benzene rings is 1. The highest BCUT2D eigenvalue weighted by Crippen LogP contribution is 2.08. The smallest absolute Gasteiger partial charge is 0.408 e. The molecule has 1 aromatic carbocycles. The highest BCUT2D eigenvalue weighted by molar-refractivity contribution is 6.28. The van der Waals surface area contributed by atoms with Crippen LogP contribution in [-0.4, -0.2) is 88.5 Å². The minimum atomic E-state index is -1.52. The van der Waals surface area contributed by atoms with Gasteiger partial charge >= 0.3 is 12.3 Å². The van der Waals surface area contributed by atoms with Crippen molar-refractivity contribution in [1.82, 2.24) is 21.3 Å². The number of nitrogens with one attached hydrogen (secondary N) is 4. The lowest BCUT2D eigenvalue weighted by Gasteiger charge is -2.27. The molecule has 242 valence electrons. The summed E-state index contributed by atoms with van der Waals surface area (Å²) in [7, 11) is 0. The number of alkyl carbamates (subject to hydrolysis) is 1. The van der Waals surface area contributed by atoms with Crippen LogP contribution in [0.15, 0.2) is 35.3 Å². The number of aliphatic hydroxyl groups is 1. The lowest BCUT2D eigenvalue weighted by molar-refractivity contribution is -0.135. The number of hydrogen-bond donors (Lipinski definition) is 7. The van der Waals surface area contributed by atoms with Crippen molar-refractivity contribution < 1.29 is 38.6 Å². The van der Waals surface area contributed by atoms with Gasteiger partial charge in [0.2, 0.25) is 17.7 Å². The van der Waals surface area contributed by atoms with Crippen LogP contribution in [0.25, 0.3) is 5.53 Å². The molecular weight excluding hydrogens is 574 g/mol. The fourth-order valence-electron chi connectivity index (χ4n) is 3.86. The SMILES string of the molecule is CC(C)C[C@H](NC(=O)[C@@H](NC(=O)[C@H](CCCN=C(N)N)NC(=O)OCc1ccccc1)[C@@H](C)O)C(=O)N[C@@H](C)C(=O)C=[N+]=[N-]. The molecule has 0 fully saturated rings. The minimum Gasteiger partial charge on any atom is -0.445 e. The van der Waals surface area contributed by atoms with Crippen LogP contribution < -0.4 is 32.7 Å². The molecule has 1 aromatic rings. The van der Waals surface area contributed by atoms with E-state index in [-0.39, 0.29) is 44.3 Å². The molecule has 0 bridgehead atoms. The van der Waals surface area contributed by atoms with Crippen molar-refractivity contribution in [2.24, 2.45) is 22.4 Å². The van der Waals surface area contributed by atoms with Crippen LogP contribution in [0.2, 0.25) is 0 Å². The zero-order valence-corrected chi connectivity index (χ0v) is 25.4. The third kappa shape index (κ3) is 14.4. The van der Waals surface area contributed by atoms with E-state index in [0.717, 1.165) is 5.56 Å². The molecule has 0 saturated heterocycles. The molecule has 16 heteroatoms. The van der Waals surface area contributed by atoms with Crippen molar-refractivity contribution in [2.45, 2.75) is 83.8 Å². The van der Waals surface area contributed by atoms with Crippen LogP contribution in [0.5, 0.6) is 0 Å². The molecule has 4 amide bonds. The highest BCUT2D eigenvalue weighted by Gasteiger charge is 2.33. The number of carbonyl (C=O) groups is 5. The van der Waals surface area contributed by atoms with Crippen molar-refractivity contribution in [1.29, 1.82) is 0 Å². The van der Waals surface area contributed by atoms with E-state index in [1.807, 2.05) is 19.9 Å². The maximum atomic E-state index is 13.3. The van der Waals surface area contributed by atoms with Crippen molar-refractivity contribution in [3.63, 3.8) is 0 Å². The average molecular weight is 618 g/mol. The topological polar surface area (TPSA) is 264 Å². The summed E-state index contributed by atoms with van der Waals surface area (Å²) in [5.74, 6) is -3.28. The van der Waals surface area contributed by atoms with Gasteiger partial charge in [-0.2, -0.15) is 4.79 Å². The van der Waals surface area contributed by atoms with E-state index in [4.69, 9.17) is 21.7 Å². The zero-order chi connectivity index (χ0) is 33.2. The predicted molar refractivity (Wildman–Crippen MR) is 161 cm³/mol. The van der Waals surface area contributed by atoms with Gasteiger partial charge < -0.3 is 48.1 Å². The normalized spacial score (nSPS) is 14.0. The third-order valence-electron chi connectivity index (χ3n) is 6.14. The Bertz CT molecular complexity index is 1200. The number of hydrogen-bond acceptors (Lipinski definition) is 8. The summed E-state index contributed by atoms with van der Waals surface area (Å²) < 4.78 is 5.22. The summed E-state index contributed by atoms with van der Waals surface area (Å²) in [5, 5.41) is 20.2. The summed E-state index contributed by atoms with van der Waals surface area (Å²) >= 11 is 0. The second-order valence-corrected chi connectivity index (χ2v) is 10.5. The van der Waals surface area contributed by atoms with E-state index in [1.54, 1.807) is 24.3 Å². The Morgan fingerprint density at radius 2 is 1.59 bits per heavy atom. The minimum absolute atomic E-state index is 0.0516. The second-order valence-electron chi connectivity index (χ2n) is 10.5. The lowest BCUT2D eigenvalue weighted by Crippen LogP contribution is -2.60. The first-order chi connectivity index (χ1) is 20.7. The van der Waals surface area contributed by atoms with E-state index in [2.05, 4.69) is 31.0 Å². The number of aliphatic imine (C=N–C) groups is 1. The molecule has 0 aromatic heterocycles. The van der Waals surface area contributed by atoms with Gasteiger partial charge in [0.25, 0.3) is 5.78 Å². The van der Waals surface area contributed by atoms with Gasteiger partial charge in [0, 0.05) is 6.54 Å². The van der Waals surface area contributed by atoms with E-state index in [0.29, 0.717) is 6.21 Å². The molecule has 5 atom stereocenters. The largest absolute Gasteiger partial charge is 0.445 e. The van der Waals surface area contributed by atoms with Crippen LogP contribution in [0.1, 0.15) is 52.5 Å². The van der Waals surface area contributed by atoms with Crippen LogP contribution in [0.4, 0.5) is 4.79 Å². The number of Topliss-reactive ketones (excluding diaryl/α,β-unsaturated/α-hetero) is 1. The molecule has 44 heavy (non-hydrogen) atoms. The Labute approximate surface area is 256 Å². The Morgan fingerprint density at radius 3 is 2.16 bits per heavy atom. The lowest BCUT2D eigenvalue weighted by atomic mass is 10.0. The molecule has 16 nitrogen and oxygen atoms in total. The number of ketones is 1. The summed E-state index contributed by atoms with van der Waals surface area (Å²) in [4.78, 5) is 70.3. The van der Waals surface area contributed by atoms with Crippen LogP contribution >= 0.6 is 0 Å². The molecule has 0 aliphatic carbocycles. The fraction of sp³-hybridized carbons (Fsp3) is 0.536. The van der Waals surface area contributed by atoms with E-state index >= 15 is 0 Å². The van der Waals surface area contributed by atoms with E-state index < -0.39 is 59.9 Å². The predicted octanol–water partition coefficient (Wildman–Crippen LogP) is -0.894. The molecule has 9 N–H and O–H groups in total. The summed E-state index contributed by atoms with van der Waals surface area (Å²) in [5.41, 5.74) is 20.0. The van der Waals surface area contributed by atoms with Gasteiger partial charge in [-0.3, -0.25) is 24.2 Å². The Morgan fingerprint density at radius 1 is 0.955 bits per heavy atom. The molecule has 0 spiro atoms. The van der Waals surface area contributed by atoms with Gasteiger partial charge in [0.15, 0.2) is 5.96 Å². The monoisotopic (exact) mass is 617 g/mol. The van der Waals surface area contributed by atoms with E-state index in [1.165, 1.54) is 13.8 Å². The number of nitrogens with zero attached hydrogens (tertiary/aromatic N) is 3. The first-order valence-electron chi connectivity index (χ1n) is 14.1. The first-order valence-corrected chi connectivity index (χ1v) is 14.1. The van der Waals surface area contributed by atoms with Crippen LogP contribution in [0, 0.1) is 5.92 Å². The Hall–Kier alpha value is -4.82. The van der Waals surface area contributed by atoms with Gasteiger partial charge in [0.05, 0.1) is 12.1 Å². The van der Waals surface area contributed by atoms with Gasteiger partial charge in [-0.15, -0.1) is 0 Å². The van der Waals surface area contributed by atoms with Crippen molar-refractivity contribution in [3.8, 4) is 0 Å². The molecule has 0 unspecified atom stereocenters. The second kappa shape index (κ2) is 19.4. The zero-order valence-electron chi connectivity index (χ0n) is 25.4. The van der Waals surface area contributed by atoms with Gasteiger partial charge in [-0.25, -0.2) is 4.79 Å². The quantitative estimate of drug-likeness (QED) is 0.0353. The molecule has 0 aliphatic rings. The van der Waals surface area contributed by atoms with Crippen molar-refractivity contribution in [3.05, 3.63) is 41.4 Å². The summed E-state index contributed by atoms with van der Waals surface area (Å²) in [6, 6.07) is 3.97. The van der Waals surface area contributed by atoms with Crippen molar-refractivity contribution in [2.75, 3.05) is 6.54 Å². The number of amides is 4. The van der Waals surface area contributed by atoms with Gasteiger partial charge in [-0.05, 0) is 44.6 Å². The molecule has 0 aliphatic heterocycles. The molecule has 0 heterocycles. The Balaban J connectivity index is 3.04. The number of aliphatic hydroxyl groups excluding tert-OH is 1. The number of nitrogens with two attached hydrogens (primary N) is 2. The van der Waals surface area contributed by atoms with Crippen LogP contribution in [0.3, 0.4) is 0 Å². The maximum absolute atomic E-state index is 13.3. The van der Waals surface area contributed by atoms with Gasteiger partial charge in [-0.1, -0.05) is 44.2 Å². The van der Waals surface area contributed by atoms with Crippen molar-refractivity contribution >= 4 is 41.8 Å². The van der Waals surface area contributed by atoms with E-state index in [9.17, 15) is 29.1 Å². The molecule has 0 saturated carbocycles. The standard InChI is InChI=1S/C28H43N9O7/c1-16(2)13-21(25(41)34-17(3)22(39)14-33-31)35-26(42)23(18(4)38)37-24(40)20(11-8-12-32-27(29)30)36-28(43)44-15-19-9-6-5-7-10-19/h5-7,9-10,14,16-18,20-21,23,38H,8,11-13,15H2,1-4H3,(H,34,41)(H,35,42)(H,36,43)(H,37,40)(H4,29,30,32)/t17-,18+,20-,21-,23-/m0/s1.